The Balaban J connectivity index is 2.14. The first-order chi connectivity index (χ1) is 9.11. The van der Waals surface area contributed by atoms with E-state index in [9.17, 15) is 4.79 Å². The van der Waals surface area contributed by atoms with Crippen LogP contribution in [0.25, 0.3) is 11.3 Å². The van der Waals surface area contributed by atoms with Gasteiger partial charge in [0.15, 0.2) is 0 Å². The number of carbonyl (C=O) groups excluding carboxylic acids is 1. The Morgan fingerprint density at radius 3 is 3.00 bits per heavy atom. The van der Waals surface area contributed by atoms with Gasteiger partial charge in [-0.25, -0.2) is 4.98 Å². The summed E-state index contributed by atoms with van der Waals surface area (Å²) in [5, 5.41) is 14.5. The first-order valence-electron chi connectivity index (χ1n) is 6.09. The van der Waals surface area contributed by atoms with E-state index in [1.807, 2.05) is 31.6 Å². The zero-order valence-electron chi connectivity index (χ0n) is 11.0. The minimum absolute atomic E-state index is 0.0801. The van der Waals surface area contributed by atoms with Crippen LogP contribution in [0.3, 0.4) is 0 Å². The Bertz CT molecular complexity index is 574. The molecular weight excluding hydrogens is 262 g/mol. The molecule has 5 nitrogen and oxygen atoms in total. The number of nitrogens with one attached hydrogen (secondary N) is 1. The number of thiazole rings is 1. The molecule has 102 valence electrons. The Morgan fingerprint density at radius 2 is 2.37 bits per heavy atom. The summed E-state index contributed by atoms with van der Waals surface area (Å²) in [6, 6.07) is 1.84. The third kappa shape index (κ3) is 3.21. The van der Waals surface area contributed by atoms with E-state index in [1.54, 1.807) is 15.9 Å². The number of hydrogen-bond acceptors (Lipinski definition) is 4. The molecule has 2 heterocycles. The normalized spacial score (nSPS) is 10.7. The molecule has 2 N–H and O–H groups in total. The summed E-state index contributed by atoms with van der Waals surface area (Å²) in [4.78, 5) is 16.4. The highest BCUT2D eigenvalue weighted by molar-refractivity contribution is 7.09. The van der Waals surface area contributed by atoms with Crippen molar-refractivity contribution in [2.45, 2.75) is 13.3 Å². The predicted octanol–water partition coefficient (Wildman–Crippen LogP) is 1.57. The second-order valence-corrected chi connectivity index (χ2v) is 5.37. The Hall–Kier alpha value is -1.66. The summed E-state index contributed by atoms with van der Waals surface area (Å²) in [5.41, 5.74) is 2.44. The maximum absolute atomic E-state index is 12.0. The molecule has 1 amide bonds. The molecule has 0 aliphatic heterocycles. The Kier molecular flexibility index (Phi) is 4.34. The van der Waals surface area contributed by atoms with E-state index in [1.165, 1.54) is 0 Å². The average molecular weight is 279 g/mol. The highest BCUT2D eigenvalue weighted by Crippen LogP contribution is 2.23. The van der Waals surface area contributed by atoms with E-state index in [4.69, 9.17) is 5.11 Å². The van der Waals surface area contributed by atoms with Gasteiger partial charge in [-0.2, -0.15) is 0 Å². The third-order valence-corrected chi connectivity index (χ3v) is 3.55. The van der Waals surface area contributed by atoms with Gasteiger partial charge in [0.05, 0.1) is 10.7 Å². The van der Waals surface area contributed by atoms with Crippen molar-refractivity contribution < 1.29 is 9.90 Å². The fourth-order valence-electron chi connectivity index (χ4n) is 1.80. The standard InChI is InChI=1S/C13H17N3O2S/c1-9-15-11(8-19-9)10-6-12(16(2)7-10)13(18)14-4-3-5-17/h6-8,17H,3-5H2,1-2H3,(H,14,18). The van der Waals surface area contributed by atoms with Gasteiger partial charge in [-0.15, -0.1) is 11.3 Å². The van der Waals surface area contributed by atoms with Gasteiger partial charge in [-0.1, -0.05) is 0 Å². The fraction of sp³-hybridized carbons (Fsp3) is 0.385. The van der Waals surface area contributed by atoms with E-state index in [-0.39, 0.29) is 12.5 Å². The SMILES string of the molecule is Cc1nc(-c2cc(C(=O)NCCCO)n(C)c2)cs1. The monoisotopic (exact) mass is 279 g/mol. The highest BCUT2D eigenvalue weighted by Gasteiger charge is 2.13. The summed E-state index contributed by atoms with van der Waals surface area (Å²) < 4.78 is 1.79. The van der Waals surface area contributed by atoms with Crippen LogP contribution in [0.5, 0.6) is 0 Å². The quantitative estimate of drug-likeness (QED) is 0.816. The van der Waals surface area contributed by atoms with Crippen molar-refractivity contribution in [1.82, 2.24) is 14.9 Å². The first-order valence-corrected chi connectivity index (χ1v) is 6.97. The van der Waals surface area contributed by atoms with Crippen molar-refractivity contribution in [3.8, 4) is 11.3 Å². The lowest BCUT2D eigenvalue weighted by molar-refractivity contribution is 0.0943. The smallest absolute Gasteiger partial charge is 0.267 e. The van der Waals surface area contributed by atoms with Crippen molar-refractivity contribution in [1.29, 1.82) is 0 Å². The number of amides is 1. The number of aliphatic hydroxyl groups is 1. The largest absolute Gasteiger partial charge is 0.396 e. The lowest BCUT2D eigenvalue weighted by Crippen LogP contribution is -2.26. The number of aromatic nitrogens is 2. The minimum Gasteiger partial charge on any atom is -0.396 e. The molecule has 0 saturated heterocycles. The molecule has 0 radical (unpaired) electrons. The zero-order valence-corrected chi connectivity index (χ0v) is 11.8. The molecule has 0 fully saturated rings. The molecule has 19 heavy (non-hydrogen) atoms. The molecule has 6 heteroatoms. The number of carbonyl (C=O) groups is 1. The van der Waals surface area contributed by atoms with Crippen molar-refractivity contribution in [2.24, 2.45) is 7.05 Å². The molecule has 2 rings (SSSR count). The maximum Gasteiger partial charge on any atom is 0.267 e. The van der Waals surface area contributed by atoms with Crippen LogP contribution in [0.1, 0.15) is 21.9 Å². The molecular formula is C13H17N3O2S. The van der Waals surface area contributed by atoms with Crippen LogP contribution in [-0.4, -0.2) is 33.7 Å². The lowest BCUT2D eigenvalue weighted by Gasteiger charge is -2.04. The van der Waals surface area contributed by atoms with E-state index >= 15 is 0 Å². The van der Waals surface area contributed by atoms with Crippen LogP contribution in [0.15, 0.2) is 17.6 Å². The maximum atomic E-state index is 12.0. The van der Waals surface area contributed by atoms with Crippen molar-refractivity contribution >= 4 is 17.2 Å². The van der Waals surface area contributed by atoms with Crippen molar-refractivity contribution in [3.05, 3.63) is 28.3 Å². The molecule has 2 aromatic heterocycles. The number of rotatable bonds is 5. The summed E-state index contributed by atoms with van der Waals surface area (Å²) in [6.07, 6.45) is 2.46. The van der Waals surface area contributed by atoms with Crippen molar-refractivity contribution in [2.75, 3.05) is 13.2 Å². The van der Waals surface area contributed by atoms with Gasteiger partial charge < -0.3 is 15.0 Å². The summed E-state index contributed by atoms with van der Waals surface area (Å²) in [7, 11) is 1.84. The van der Waals surface area contributed by atoms with E-state index in [2.05, 4.69) is 10.3 Å². The van der Waals surface area contributed by atoms with Crippen LogP contribution in [0.2, 0.25) is 0 Å². The van der Waals surface area contributed by atoms with Gasteiger partial charge in [0.1, 0.15) is 5.69 Å². The van der Waals surface area contributed by atoms with Crippen LogP contribution in [0, 0.1) is 6.92 Å². The van der Waals surface area contributed by atoms with Crippen molar-refractivity contribution in [3.63, 3.8) is 0 Å². The second-order valence-electron chi connectivity index (χ2n) is 4.31. The number of nitrogens with zero attached hydrogens (tertiary/aromatic N) is 2. The van der Waals surface area contributed by atoms with Gasteiger partial charge >= 0.3 is 0 Å². The van der Waals surface area contributed by atoms with Crippen LogP contribution in [0.4, 0.5) is 0 Å². The molecule has 0 saturated carbocycles. The predicted molar refractivity (Wildman–Crippen MR) is 75.3 cm³/mol. The summed E-state index contributed by atoms with van der Waals surface area (Å²) >= 11 is 1.59. The average Bonchev–Trinajstić information content (AvgIpc) is 2.95. The second kappa shape index (κ2) is 5.99. The lowest BCUT2D eigenvalue weighted by atomic mass is 10.2. The van der Waals surface area contributed by atoms with Gasteiger partial charge in [-0.3, -0.25) is 4.79 Å². The molecule has 0 aliphatic rings. The van der Waals surface area contributed by atoms with E-state index in [0.717, 1.165) is 16.3 Å². The molecule has 0 bridgehead atoms. The minimum atomic E-state index is -0.130. The van der Waals surface area contributed by atoms with Crippen LogP contribution < -0.4 is 5.32 Å². The summed E-state index contributed by atoms with van der Waals surface area (Å²) in [6.45, 7) is 2.52. The molecule has 0 atom stereocenters. The van der Waals surface area contributed by atoms with Gasteiger partial charge in [0.25, 0.3) is 5.91 Å². The number of hydrogen-bond donors (Lipinski definition) is 2. The first kappa shape index (κ1) is 13.8. The zero-order chi connectivity index (χ0) is 13.8. The molecule has 2 aromatic rings. The summed E-state index contributed by atoms with van der Waals surface area (Å²) in [5.74, 6) is -0.130. The topological polar surface area (TPSA) is 67.2 Å². The number of aryl methyl sites for hydroxylation is 2. The van der Waals surface area contributed by atoms with Crippen LogP contribution >= 0.6 is 11.3 Å². The Labute approximate surface area is 115 Å². The molecule has 0 spiro atoms. The Morgan fingerprint density at radius 1 is 1.58 bits per heavy atom. The van der Waals surface area contributed by atoms with Gasteiger partial charge in [0.2, 0.25) is 0 Å². The van der Waals surface area contributed by atoms with Crippen LogP contribution in [-0.2, 0) is 7.05 Å². The molecule has 0 aromatic carbocycles. The number of aliphatic hydroxyl groups excluding tert-OH is 1. The molecule has 0 unspecified atom stereocenters. The third-order valence-electron chi connectivity index (χ3n) is 2.77. The fourth-order valence-corrected chi connectivity index (χ4v) is 2.42. The highest BCUT2D eigenvalue weighted by atomic mass is 32.1. The van der Waals surface area contributed by atoms with Gasteiger partial charge in [-0.05, 0) is 19.4 Å². The van der Waals surface area contributed by atoms with Gasteiger partial charge in [0, 0.05) is 37.3 Å². The van der Waals surface area contributed by atoms with E-state index < -0.39 is 0 Å². The molecule has 0 aliphatic carbocycles. The van der Waals surface area contributed by atoms with E-state index in [0.29, 0.717) is 18.7 Å².